The first kappa shape index (κ1) is 23.9. The number of para-hydroxylation sites is 1. The molecule has 0 radical (unpaired) electrons. The Kier molecular flexibility index (Phi) is 8.00. The summed E-state index contributed by atoms with van der Waals surface area (Å²) in [6.45, 7) is 3.23. The van der Waals surface area contributed by atoms with Gasteiger partial charge in [-0.3, -0.25) is 10.1 Å². The Hall–Kier alpha value is -2.75. The molecule has 9 heteroatoms. The number of amides is 1. The SMILES string of the molecule is COc1ccccc1/C=C/C(=O)NC(=S)Nc1ccc(S(=O)(=O)N2CCC(C)CC2)cc1. The van der Waals surface area contributed by atoms with E-state index < -0.39 is 15.9 Å². The lowest BCUT2D eigenvalue weighted by molar-refractivity contribution is -0.115. The molecule has 170 valence electrons. The minimum absolute atomic E-state index is 0.111. The normalized spacial score (nSPS) is 15.4. The number of sulfonamides is 1. The van der Waals surface area contributed by atoms with Crippen LogP contribution in [0, 0.1) is 5.92 Å². The Morgan fingerprint density at radius 1 is 1.12 bits per heavy atom. The molecule has 1 saturated heterocycles. The van der Waals surface area contributed by atoms with Gasteiger partial charge in [0.1, 0.15) is 5.75 Å². The number of nitrogens with zero attached hydrogens (tertiary/aromatic N) is 1. The molecule has 0 saturated carbocycles. The van der Waals surface area contributed by atoms with Gasteiger partial charge in [-0.15, -0.1) is 0 Å². The molecule has 0 bridgehead atoms. The topological polar surface area (TPSA) is 87.7 Å². The summed E-state index contributed by atoms with van der Waals surface area (Å²) in [5.41, 5.74) is 1.35. The van der Waals surface area contributed by atoms with E-state index in [0.29, 0.717) is 30.4 Å². The quantitative estimate of drug-likeness (QED) is 0.492. The molecular weight excluding hydrogens is 446 g/mol. The van der Waals surface area contributed by atoms with Gasteiger partial charge in [0.2, 0.25) is 15.9 Å². The van der Waals surface area contributed by atoms with Crippen molar-refractivity contribution in [2.45, 2.75) is 24.7 Å². The molecule has 2 N–H and O–H groups in total. The Balaban J connectivity index is 1.56. The number of hydrogen-bond donors (Lipinski definition) is 2. The van der Waals surface area contributed by atoms with Crippen LogP contribution in [0.15, 0.2) is 59.5 Å². The van der Waals surface area contributed by atoms with Gasteiger partial charge in [-0.05, 0) is 67.4 Å². The summed E-state index contributed by atoms with van der Waals surface area (Å²) >= 11 is 5.18. The van der Waals surface area contributed by atoms with E-state index >= 15 is 0 Å². The van der Waals surface area contributed by atoms with Crippen molar-refractivity contribution >= 4 is 45.0 Å². The number of benzene rings is 2. The van der Waals surface area contributed by atoms with E-state index in [1.165, 1.54) is 10.4 Å². The average Bonchev–Trinajstić information content (AvgIpc) is 2.78. The lowest BCUT2D eigenvalue weighted by Crippen LogP contribution is -2.37. The van der Waals surface area contributed by atoms with E-state index in [-0.39, 0.29) is 10.0 Å². The zero-order valence-electron chi connectivity index (χ0n) is 18.1. The van der Waals surface area contributed by atoms with Crippen molar-refractivity contribution in [2.24, 2.45) is 5.92 Å². The molecule has 1 aliphatic heterocycles. The van der Waals surface area contributed by atoms with E-state index in [1.807, 2.05) is 18.2 Å². The van der Waals surface area contributed by atoms with E-state index in [1.54, 1.807) is 43.5 Å². The van der Waals surface area contributed by atoms with Gasteiger partial charge >= 0.3 is 0 Å². The fraction of sp³-hybridized carbons (Fsp3) is 0.304. The van der Waals surface area contributed by atoms with Crippen LogP contribution in [0.5, 0.6) is 5.75 Å². The Morgan fingerprint density at radius 3 is 2.44 bits per heavy atom. The summed E-state index contributed by atoms with van der Waals surface area (Å²) in [5.74, 6) is 0.812. The fourth-order valence-electron chi connectivity index (χ4n) is 3.37. The number of rotatable bonds is 6. The third kappa shape index (κ3) is 6.15. The third-order valence-corrected chi connectivity index (χ3v) is 7.40. The third-order valence-electron chi connectivity index (χ3n) is 5.28. The van der Waals surface area contributed by atoms with Gasteiger partial charge in [0.25, 0.3) is 0 Å². The molecule has 0 spiro atoms. The van der Waals surface area contributed by atoms with Crippen molar-refractivity contribution in [3.8, 4) is 5.75 Å². The van der Waals surface area contributed by atoms with Crippen LogP contribution in [-0.4, -0.2) is 43.9 Å². The monoisotopic (exact) mass is 473 g/mol. The van der Waals surface area contributed by atoms with Gasteiger partial charge in [-0.1, -0.05) is 25.1 Å². The maximum Gasteiger partial charge on any atom is 0.250 e. The summed E-state index contributed by atoms with van der Waals surface area (Å²) in [6, 6.07) is 13.7. The number of ether oxygens (including phenoxy) is 1. The number of carbonyl (C=O) groups is 1. The van der Waals surface area contributed by atoms with Crippen LogP contribution in [0.4, 0.5) is 5.69 Å². The minimum Gasteiger partial charge on any atom is -0.496 e. The Morgan fingerprint density at radius 2 is 1.78 bits per heavy atom. The number of methoxy groups -OCH3 is 1. The van der Waals surface area contributed by atoms with Crippen molar-refractivity contribution in [1.82, 2.24) is 9.62 Å². The highest BCUT2D eigenvalue weighted by atomic mass is 32.2. The van der Waals surface area contributed by atoms with Crippen LogP contribution in [0.3, 0.4) is 0 Å². The highest BCUT2D eigenvalue weighted by Gasteiger charge is 2.27. The Bertz CT molecular complexity index is 1090. The van der Waals surface area contributed by atoms with Crippen LogP contribution >= 0.6 is 12.2 Å². The summed E-state index contributed by atoms with van der Waals surface area (Å²) in [6.07, 6.45) is 4.75. The van der Waals surface area contributed by atoms with E-state index in [0.717, 1.165) is 18.4 Å². The predicted molar refractivity (Wildman–Crippen MR) is 130 cm³/mol. The molecule has 0 aliphatic carbocycles. The molecule has 32 heavy (non-hydrogen) atoms. The first-order chi connectivity index (χ1) is 15.3. The molecule has 1 fully saturated rings. The molecule has 1 heterocycles. The largest absolute Gasteiger partial charge is 0.496 e. The van der Waals surface area contributed by atoms with Crippen LogP contribution in [0.1, 0.15) is 25.3 Å². The number of hydrogen-bond acceptors (Lipinski definition) is 5. The fourth-order valence-corrected chi connectivity index (χ4v) is 5.06. The van der Waals surface area contributed by atoms with Crippen molar-refractivity contribution in [3.05, 3.63) is 60.2 Å². The molecule has 1 aliphatic rings. The molecule has 0 unspecified atom stereocenters. The first-order valence-electron chi connectivity index (χ1n) is 10.3. The second-order valence-electron chi connectivity index (χ2n) is 7.63. The second-order valence-corrected chi connectivity index (χ2v) is 9.98. The molecule has 0 atom stereocenters. The van der Waals surface area contributed by atoms with Crippen LogP contribution in [0.2, 0.25) is 0 Å². The zero-order chi connectivity index (χ0) is 23.1. The lowest BCUT2D eigenvalue weighted by Gasteiger charge is -2.29. The van der Waals surface area contributed by atoms with Gasteiger partial charge in [0.15, 0.2) is 5.11 Å². The molecule has 1 amide bonds. The Labute approximate surface area is 194 Å². The standard InChI is InChI=1S/C23H27N3O4S2/c1-17-13-15-26(16-14-17)32(28,29)20-10-8-19(9-11-20)24-23(31)25-22(27)12-7-18-5-3-4-6-21(18)30-2/h3-12,17H,13-16H2,1-2H3,(H2,24,25,27,31)/b12-7+. The summed E-state index contributed by atoms with van der Waals surface area (Å²) < 4.78 is 32.4. The van der Waals surface area contributed by atoms with Crippen LogP contribution in [-0.2, 0) is 14.8 Å². The van der Waals surface area contributed by atoms with Crippen molar-refractivity contribution in [1.29, 1.82) is 0 Å². The van der Waals surface area contributed by atoms with Gasteiger partial charge in [0.05, 0.1) is 12.0 Å². The number of piperidine rings is 1. The van der Waals surface area contributed by atoms with Crippen LogP contribution in [0.25, 0.3) is 6.08 Å². The number of thiocarbonyl (C=S) groups is 1. The average molecular weight is 474 g/mol. The molecule has 0 aromatic heterocycles. The van der Waals surface area contributed by atoms with Gasteiger partial charge in [-0.2, -0.15) is 4.31 Å². The van der Waals surface area contributed by atoms with Crippen molar-refractivity contribution < 1.29 is 17.9 Å². The van der Waals surface area contributed by atoms with Crippen molar-refractivity contribution in [3.63, 3.8) is 0 Å². The van der Waals surface area contributed by atoms with E-state index in [9.17, 15) is 13.2 Å². The number of anilines is 1. The van der Waals surface area contributed by atoms with E-state index in [4.69, 9.17) is 17.0 Å². The van der Waals surface area contributed by atoms with Gasteiger partial charge < -0.3 is 10.1 Å². The van der Waals surface area contributed by atoms with Crippen molar-refractivity contribution in [2.75, 3.05) is 25.5 Å². The van der Waals surface area contributed by atoms with Crippen LogP contribution < -0.4 is 15.4 Å². The molecule has 7 nitrogen and oxygen atoms in total. The smallest absolute Gasteiger partial charge is 0.250 e. The number of nitrogens with one attached hydrogen (secondary N) is 2. The van der Waals surface area contributed by atoms with Gasteiger partial charge in [0, 0.05) is 30.4 Å². The summed E-state index contributed by atoms with van der Waals surface area (Å²) in [5, 5.41) is 5.57. The minimum atomic E-state index is -3.51. The zero-order valence-corrected chi connectivity index (χ0v) is 19.7. The first-order valence-corrected chi connectivity index (χ1v) is 12.2. The second kappa shape index (κ2) is 10.7. The maximum atomic E-state index is 12.8. The van der Waals surface area contributed by atoms with Gasteiger partial charge in [-0.25, -0.2) is 8.42 Å². The molecular formula is C23H27N3O4S2. The molecule has 3 rings (SSSR count). The maximum absolute atomic E-state index is 12.8. The summed E-state index contributed by atoms with van der Waals surface area (Å²) in [7, 11) is -1.94. The van der Waals surface area contributed by atoms with E-state index in [2.05, 4.69) is 17.6 Å². The lowest BCUT2D eigenvalue weighted by atomic mass is 10.0. The molecule has 2 aromatic rings. The predicted octanol–water partition coefficient (Wildman–Crippen LogP) is 3.64. The highest BCUT2D eigenvalue weighted by Crippen LogP contribution is 2.24. The number of carbonyl (C=O) groups excluding carboxylic acids is 1. The molecule has 2 aromatic carbocycles. The summed E-state index contributed by atoms with van der Waals surface area (Å²) in [4.78, 5) is 12.4. The highest BCUT2D eigenvalue weighted by molar-refractivity contribution is 7.89.